The zero-order valence-electron chi connectivity index (χ0n) is 9.87. The third-order valence-corrected chi connectivity index (χ3v) is 3.87. The van der Waals surface area contributed by atoms with Crippen LogP contribution in [0.5, 0.6) is 0 Å². The van der Waals surface area contributed by atoms with Gasteiger partial charge in [0.2, 0.25) is 0 Å². The first-order valence-corrected chi connectivity index (χ1v) is 6.14. The van der Waals surface area contributed by atoms with E-state index in [9.17, 15) is 5.11 Å². The third kappa shape index (κ3) is 1.87. The van der Waals surface area contributed by atoms with Gasteiger partial charge in [-0.1, -0.05) is 24.8 Å². The number of hydrogen-bond donors (Lipinski definition) is 1. The van der Waals surface area contributed by atoms with Crippen LogP contribution in [0.25, 0.3) is 10.9 Å². The number of fused-ring (bicyclic) bond motifs is 1. The first-order valence-electron chi connectivity index (χ1n) is 5.35. The van der Waals surface area contributed by atoms with Gasteiger partial charge in [0.15, 0.2) is 0 Å². The summed E-state index contributed by atoms with van der Waals surface area (Å²) in [6.07, 6.45) is -0.681. The van der Waals surface area contributed by atoms with Gasteiger partial charge in [-0.15, -0.1) is 5.73 Å². The van der Waals surface area contributed by atoms with Gasteiger partial charge in [0.25, 0.3) is 0 Å². The van der Waals surface area contributed by atoms with Crippen molar-refractivity contribution in [3.05, 3.63) is 52.3 Å². The van der Waals surface area contributed by atoms with Crippen molar-refractivity contribution in [1.29, 1.82) is 0 Å². The van der Waals surface area contributed by atoms with Crippen molar-refractivity contribution in [2.75, 3.05) is 0 Å². The van der Waals surface area contributed by atoms with Gasteiger partial charge in [-0.05, 0) is 28.9 Å². The van der Waals surface area contributed by atoms with E-state index in [-0.39, 0.29) is 0 Å². The van der Waals surface area contributed by atoms with E-state index in [4.69, 9.17) is 0 Å². The van der Waals surface area contributed by atoms with Gasteiger partial charge in [-0.3, -0.25) is 0 Å². The molecule has 0 bridgehead atoms. The van der Waals surface area contributed by atoms with Crippen molar-refractivity contribution >= 4 is 26.8 Å². The number of aromatic nitrogens is 1. The van der Waals surface area contributed by atoms with Crippen LogP contribution in [0.4, 0.5) is 0 Å². The SMILES string of the molecule is C=C=C(C)C(O)c1c(Br)c2ccccc2n1C. The predicted molar refractivity (Wildman–Crippen MR) is 73.9 cm³/mol. The number of hydrogen-bond acceptors (Lipinski definition) is 1. The lowest BCUT2D eigenvalue weighted by Gasteiger charge is -2.12. The van der Waals surface area contributed by atoms with Gasteiger partial charge >= 0.3 is 0 Å². The molecule has 0 aliphatic rings. The summed E-state index contributed by atoms with van der Waals surface area (Å²) >= 11 is 3.56. The summed E-state index contributed by atoms with van der Waals surface area (Å²) in [6, 6.07) is 8.03. The average molecular weight is 292 g/mol. The van der Waals surface area contributed by atoms with Crippen LogP contribution in [-0.2, 0) is 7.05 Å². The monoisotopic (exact) mass is 291 g/mol. The highest BCUT2D eigenvalue weighted by Gasteiger charge is 2.20. The number of aliphatic hydroxyl groups is 1. The summed E-state index contributed by atoms with van der Waals surface area (Å²) < 4.78 is 2.92. The Balaban J connectivity index is 2.74. The maximum atomic E-state index is 10.3. The molecule has 0 saturated heterocycles. The molecule has 2 rings (SSSR count). The summed E-state index contributed by atoms with van der Waals surface area (Å²) in [6.45, 7) is 5.40. The van der Waals surface area contributed by atoms with Crippen molar-refractivity contribution in [3.8, 4) is 0 Å². The molecule has 1 aromatic carbocycles. The minimum Gasteiger partial charge on any atom is -0.382 e. The second-order valence-electron chi connectivity index (χ2n) is 4.04. The third-order valence-electron chi connectivity index (χ3n) is 3.04. The van der Waals surface area contributed by atoms with Crippen LogP contribution >= 0.6 is 15.9 Å². The van der Waals surface area contributed by atoms with Crippen LogP contribution in [0.3, 0.4) is 0 Å². The van der Waals surface area contributed by atoms with E-state index in [1.807, 2.05) is 42.8 Å². The van der Waals surface area contributed by atoms with Crippen LogP contribution in [0, 0.1) is 0 Å². The molecule has 1 aromatic heterocycles. The van der Waals surface area contributed by atoms with E-state index >= 15 is 0 Å². The second kappa shape index (κ2) is 4.53. The Morgan fingerprint density at radius 2 is 2.12 bits per heavy atom. The van der Waals surface area contributed by atoms with Crippen molar-refractivity contribution in [3.63, 3.8) is 0 Å². The largest absolute Gasteiger partial charge is 0.382 e. The molecule has 0 aliphatic carbocycles. The van der Waals surface area contributed by atoms with Crippen molar-refractivity contribution < 1.29 is 5.11 Å². The van der Waals surface area contributed by atoms with Gasteiger partial charge in [0, 0.05) is 28.0 Å². The first kappa shape index (κ1) is 12.2. The van der Waals surface area contributed by atoms with Crippen molar-refractivity contribution in [2.45, 2.75) is 13.0 Å². The molecule has 1 N–H and O–H groups in total. The summed E-state index contributed by atoms with van der Waals surface area (Å²) in [7, 11) is 1.95. The average Bonchev–Trinajstić information content (AvgIpc) is 2.61. The fraction of sp³-hybridized carbons (Fsp3) is 0.214. The molecule has 0 fully saturated rings. The molecule has 0 radical (unpaired) electrons. The lowest BCUT2D eigenvalue weighted by Crippen LogP contribution is -2.05. The fourth-order valence-corrected chi connectivity index (χ4v) is 2.79. The molecule has 1 atom stereocenters. The second-order valence-corrected chi connectivity index (χ2v) is 4.83. The Morgan fingerprint density at radius 1 is 1.47 bits per heavy atom. The highest BCUT2D eigenvalue weighted by Crippen LogP contribution is 2.35. The number of halogens is 1. The van der Waals surface area contributed by atoms with Crippen molar-refractivity contribution in [1.82, 2.24) is 4.57 Å². The molecule has 2 aromatic rings. The van der Waals surface area contributed by atoms with Gasteiger partial charge in [0.05, 0.1) is 5.69 Å². The fourth-order valence-electron chi connectivity index (χ4n) is 1.97. The Labute approximate surface area is 109 Å². The molecule has 2 nitrogen and oxygen atoms in total. The van der Waals surface area contributed by atoms with Crippen LogP contribution in [0.15, 0.2) is 46.6 Å². The summed E-state index contributed by atoms with van der Waals surface area (Å²) in [5.74, 6) is 0. The van der Waals surface area contributed by atoms with Crippen LogP contribution in [0.1, 0.15) is 18.7 Å². The van der Waals surface area contributed by atoms with Crippen LogP contribution in [-0.4, -0.2) is 9.67 Å². The number of aliphatic hydroxyl groups excluding tert-OH is 1. The molecule has 1 unspecified atom stereocenters. The Hall–Kier alpha value is -1.28. The molecule has 3 heteroatoms. The van der Waals surface area contributed by atoms with E-state index < -0.39 is 6.10 Å². The summed E-state index contributed by atoms with van der Waals surface area (Å²) in [4.78, 5) is 0. The van der Waals surface area contributed by atoms with Crippen molar-refractivity contribution in [2.24, 2.45) is 7.05 Å². The Bertz CT molecular complexity index is 581. The first-order chi connectivity index (χ1) is 8.07. The van der Waals surface area contributed by atoms with Gasteiger partial charge in [0.1, 0.15) is 6.10 Å². The Kier molecular flexibility index (Phi) is 3.25. The smallest absolute Gasteiger partial charge is 0.123 e. The van der Waals surface area contributed by atoms with Crippen LogP contribution in [0.2, 0.25) is 0 Å². The van der Waals surface area contributed by atoms with E-state index in [0.717, 1.165) is 26.6 Å². The molecular weight excluding hydrogens is 278 g/mol. The lowest BCUT2D eigenvalue weighted by atomic mass is 10.1. The highest BCUT2D eigenvalue weighted by atomic mass is 79.9. The number of nitrogens with zero attached hydrogens (tertiary/aromatic N) is 1. The molecule has 0 amide bonds. The number of benzene rings is 1. The van der Waals surface area contributed by atoms with Gasteiger partial charge in [-0.2, -0.15) is 0 Å². The number of rotatable bonds is 2. The van der Waals surface area contributed by atoms with Gasteiger partial charge < -0.3 is 9.67 Å². The standard InChI is InChI=1S/C14H14BrNO/c1-4-9(2)14(17)13-12(15)10-7-5-6-8-11(10)16(13)3/h5-8,14,17H,1H2,2-3H3. The minimum absolute atomic E-state index is 0.681. The summed E-state index contributed by atoms with van der Waals surface area (Å²) in [5.41, 5.74) is 5.38. The maximum absolute atomic E-state index is 10.3. The number of aryl methyl sites for hydroxylation is 1. The maximum Gasteiger partial charge on any atom is 0.123 e. The van der Waals surface area contributed by atoms with E-state index in [1.54, 1.807) is 0 Å². The lowest BCUT2D eigenvalue weighted by molar-refractivity contribution is 0.207. The van der Waals surface area contributed by atoms with Gasteiger partial charge in [-0.25, -0.2) is 0 Å². The molecule has 1 heterocycles. The van der Waals surface area contributed by atoms with E-state index in [1.165, 1.54) is 0 Å². The molecule has 0 spiro atoms. The molecule has 0 saturated carbocycles. The Morgan fingerprint density at radius 3 is 2.71 bits per heavy atom. The van der Waals surface area contributed by atoms with E-state index in [0.29, 0.717) is 0 Å². The number of para-hydroxylation sites is 1. The molecule has 17 heavy (non-hydrogen) atoms. The summed E-state index contributed by atoms with van der Waals surface area (Å²) in [5, 5.41) is 11.4. The normalized spacial score (nSPS) is 12.5. The topological polar surface area (TPSA) is 25.2 Å². The van der Waals surface area contributed by atoms with E-state index in [2.05, 4.69) is 28.2 Å². The molecule has 88 valence electrons. The molecular formula is C14H14BrNO. The van der Waals surface area contributed by atoms with Crippen LogP contribution < -0.4 is 0 Å². The predicted octanol–water partition coefficient (Wildman–Crippen LogP) is 3.71. The quantitative estimate of drug-likeness (QED) is 0.839. The zero-order valence-corrected chi connectivity index (χ0v) is 11.5. The zero-order chi connectivity index (χ0) is 12.6. The molecule has 0 aliphatic heterocycles. The minimum atomic E-state index is -0.681. The highest BCUT2D eigenvalue weighted by molar-refractivity contribution is 9.10.